The third-order valence-corrected chi connectivity index (χ3v) is 4.86. The number of carboxylic acids is 2. The van der Waals surface area contributed by atoms with Gasteiger partial charge in [0, 0.05) is 51.1 Å². The highest BCUT2D eigenvalue weighted by Gasteiger charge is 2.38. The minimum Gasteiger partial charge on any atom is -0.480 e. The van der Waals surface area contributed by atoms with Gasteiger partial charge in [-0.05, 0) is 23.3 Å². The van der Waals surface area contributed by atoms with Gasteiger partial charge in [-0.15, -0.1) is 0 Å². The molecule has 2 N–H and O–H groups in total. The molecule has 8 nitrogen and oxygen atoms in total. The fourth-order valence-electron chi connectivity index (χ4n) is 3.14. The lowest BCUT2D eigenvalue weighted by molar-refractivity contribution is -0.192. The molecule has 0 radical (unpaired) electrons. The van der Waals surface area contributed by atoms with Crippen LogP contribution in [0.4, 0.5) is 18.9 Å². The summed E-state index contributed by atoms with van der Waals surface area (Å²) in [7, 11) is 1.91. The Balaban J connectivity index is 0.000000451. The van der Waals surface area contributed by atoms with Crippen molar-refractivity contribution in [2.75, 3.05) is 18.5 Å². The molecular formula is C21H22F3N3O5. The van der Waals surface area contributed by atoms with Crippen LogP contribution in [0, 0.1) is 0 Å². The Morgan fingerprint density at radius 3 is 2.19 bits per heavy atom. The van der Waals surface area contributed by atoms with Gasteiger partial charge in [-0.2, -0.15) is 13.2 Å². The molecule has 0 aliphatic carbocycles. The second-order valence-corrected chi connectivity index (χ2v) is 7.03. The number of hydrogen-bond acceptors (Lipinski definition) is 5. The van der Waals surface area contributed by atoms with Crippen molar-refractivity contribution in [2.24, 2.45) is 0 Å². The molecule has 0 saturated heterocycles. The van der Waals surface area contributed by atoms with Gasteiger partial charge in [0.05, 0.1) is 0 Å². The lowest BCUT2D eigenvalue weighted by Gasteiger charge is -2.35. The molecule has 2 aromatic rings. The number of rotatable bonds is 5. The number of benzene rings is 1. The number of pyridine rings is 1. The molecule has 1 aliphatic heterocycles. The van der Waals surface area contributed by atoms with Crippen molar-refractivity contribution < 1.29 is 37.8 Å². The van der Waals surface area contributed by atoms with Crippen LogP contribution < -0.4 is 4.90 Å². The molecule has 11 heteroatoms. The summed E-state index contributed by atoms with van der Waals surface area (Å²) in [5, 5.41) is 16.7. The molecule has 0 fully saturated rings. The smallest absolute Gasteiger partial charge is 0.480 e. The third kappa shape index (κ3) is 6.69. The van der Waals surface area contributed by atoms with E-state index in [1.54, 1.807) is 12.4 Å². The Morgan fingerprint density at radius 2 is 1.66 bits per heavy atom. The SMILES string of the molecule is CN(CCC(=O)N1Cc2ccccc2C[C@@H]1C(=O)O)c1ccncc1.O=C(O)C(F)(F)F. The normalized spacial score (nSPS) is 15.1. The van der Waals surface area contributed by atoms with Crippen molar-refractivity contribution in [2.45, 2.75) is 31.6 Å². The molecule has 1 aliphatic rings. The number of carboxylic acid groups (broad SMARTS) is 2. The van der Waals surface area contributed by atoms with Crippen molar-refractivity contribution in [3.05, 3.63) is 59.9 Å². The van der Waals surface area contributed by atoms with Crippen molar-refractivity contribution in [1.29, 1.82) is 0 Å². The summed E-state index contributed by atoms with van der Waals surface area (Å²) in [6, 6.07) is 10.7. The zero-order chi connectivity index (χ0) is 23.9. The second-order valence-electron chi connectivity index (χ2n) is 7.03. The number of amides is 1. The summed E-state index contributed by atoms with van der Waals surface area (Å²) < 4.78 is 31.7. The Kier molecular flexibility index (Phi) is 8.16. The van der Waals surface area contributed by atoms with E-state index < -0.39 is 24.2 Å². The first-order chi connectivity index (χ1) is 15.0. The van der Waals surface area contributed by atoms with E-state index in [-0.39, 0.29) is 12.3 Å². The van der Waals surface area contributed by atoms with Crippen molar-refractivity contribution in [1.82, 2.24) is 9.88 Å². The highest BCUT2D eigenvalue weighted by Crippen LogP contribution is 2.24. The molecule has 3 rings (SSSR count). The molecular weight excluding hydrogens is 431 g/mol. The van der Waals surface area contributed by atoms with Crippen LogP contribution in [0.15, 0.2) is 48.8 Å². The summed E-state index contributed by atoms with van der Waals surface area (Å²) in [5.74, 6) is -3.85. The lowest BCUT2D eigenvalue weighted by atomic mass is 9.93. The number of halogens is 3. The summed E-state index contributed by atoms with van der Waals surface area (Å²) in [5.41, 5.74) is 3.00. The highest BCUT2D eigenvalue weighted by molar-refractivity contribution is 5.85. The van der Waals surface area contributed by atoms with E-state index in [1.165, 1.54) is 4.90 Å². The first-order valence-corrected chi connectivity index (χ1v) is 9.51. The lowest BCUT2D eigenvalue weighted by Crippen LogP contribution is -2.49. The molecule has 1 aromatic carbocycles. The van der Waals surface area contributed by atoms with Gasteiger partial charge in [0.1, 0.15) is 6.04 Å². The van der Waals surface area contributed by atoms with Gasteiger partial charge in [0.2, 0.25) is 5.91 Å². The van der Waals surface area contributed by atoms with Crippen LogP contribution in [-0.2, 0) is 27.3 Å². The van der Waals surface area contributed by atoms with E-state index in [9.17, 15) is 27.9 Å². The van der Waals surface area contributed by atoms with Crippen LogP contribution in [0.25, 0.3) is 0 Å². The minimum atomic E-state index is -5.08. The summed E-state index contributed by atoms with van der Waals surface area (Å²) in [6.07, 6.45) is -1.05. The fourth-order valence-corrected chi connectivity index (χ4v) is 3.14. The van der Waals surface area contributed by atoms with Gasteiger partial charge in [-0.3, -0.25) is 9.78 Å². The molecule has 1 aromatic heterocycles. The average molecular weight is 453 g/mol. The number of anilines is 1. The molecule has 172 valence electrons. The van der Waals surface area contributed by atoms with Crippen LogP contribution in [-0.4, -0.2) is 63.8 Å². The van der Waals surface area contributed by atoms with E-state index in [4.69, 9.17) is 9.90 Å². The van der Waals surface area contributed by atoms with Crippen LogP contribution in [0.1, 0.15) is 17.5 Å². The number of hydrogen-bond donors (Lipinski definition) is 2. The van der Waals surface area contributed by atoms with Gasteiger partial charge in [-0.1, -0.05) is 24.3 Å². The predicted octanol–water partition coefficient (Wildman–Crippen LogP) is 2.58. The molecule has 1 atom stereocenters. The molecule has 0 bridgehead atoms. The first kappa shape index (κ1) is 24.6. The predicted molar refractivity (Wildman–Crippen MR) is 108 cm³/mol. The number of aromatic nitrogens is 1. The Labute approximate surface area is 181 Å². The zero-order valence-electron chi connectivity index (χ0n) is 17.1. The van der Waals surface area contributed by atoms with Crippen LogP contribution in [0.3, 0.4) is 0 Å². The maximum absolute atomic E-state index is 12.7. The van der Waals surface area contributed by atoms with Gasteiger partial charge in [-0.25, -0.2) is 9.59 Å². The Bertz CT molecular complexity index is 953. The van der Waals surface area contributed by atoms with Crippen molar-refractivity contribution in [3.8, 4) is 0 Å². The maximum Gasteiger partial charge on any atom is 0.490 e. The van der Waals surface area contributed by atoms with E-state index in [0.717, 1.165) is 16.8 Å². The number of fused-ring (bicyclic) bond motifs is 1. The summed E-state index contributed by atoms with van der Waals surface area (Å²) >= 11 is 0. The number of alkyl halides is 3. The molecule has 0 unspecified atom stereocenters. The number of carbonyl (C=O) groups excluding carboxylic acids is 1. The molecule has 0 spiro atoms. The Hall–Kier alpha value is -3.63. The number of carbonyl (C=O) groups is 3. The van der Waals surface area contributed by atoms with E-state index in [2.05, 4.69) is 4.98 Å². The highest BCUT2D eigenvalue weighted by atomic mass is 19.4. The largest absolute Gasteiger partial charge is 0.490 e. The van der Waals surface area contributed by atoms with Gasteiger partial charge < -0.3 is 20.0 Å². The van der Waals surface area contributed by atoms with Crippen LogP contribution in [0.5, 0.6) is 0 Å². The van der Waals surface area contributed by atoms with Gasteiger partial charge >= 0.3 is 18.1 Å². The van der Waals surface area contributed by atoms with Crippen LogP contribution >= 0.6 is 0 Å². The second kappa shape index (κ2) is 10.6. The fraction of sp³-hybridized carbons (Fsp3) is 0.333. The van der Waals surface area contributed by atoms with E-state index >= 15 is 0 Å². The first-order valence-electron chi connectivity index (χ1n) is 9.51. The monoisotopic (exact) mass is 453 g/mol. The third-order valence-electron chi connectivity index (χ3n) is 4.86. The van der Waals surface area contributed by atoms with Crippen molar-refractivity contribution >= 4 is 23.5 Å². The topological polar surface area (TPSA) is 111 Å². The molecule has 0 saturated carbocycles. The minimum absolute atomic E-state index is 0.136. The molecule has 32 heavy (non-hydrogen) atoms. The number of nitrogens with zero attached hydrogens (tertiary/aromatic N) is 3. The average Bonchev–Trinajstić information content (AvgIpc) is 2.76. The maximum atomic E-state index is 12.7. The molecule has 1 amide bonds. The zero-order valence-corrected chi connectivity index (χ0v) is 17.1. The van der Waals surface area contributed by atoms with Crippen LogP contribution in [0.2, 0.25) is 0 Å². The van der Waals surface area contributed by atoms with E-state index in [0.29, 0.717) is 19.5 Å². The number of aliphatic carboxylic acids is 2. The van der Waals surface area contributed by atoms with E-state index in [1.807, 2.05) is 48.3 Å². The summed E-state index contributed by atoms with van der Waals surface area (Å²) in [4.78, 5) is 40.6. The van der Waals surface area contributed by atoms with Gasteiger partial charge in [0.25, 0.3) is 0 Å². The standard InChI is InChI=1S/C19H21N3O3.C2HF3O2/c1-21(16-6-9-20-10-7-16)11-8-18(23)22-13-15-5-3-2-4-14(15)12-17(22)19(24)25;3-2(4,5)1(6)7/h2-7,9-10,17H,8,11-13H2,1H3,(H,24,25);(H,6,7)/t17-;/m1./s1. The summed E-state index contributed by atoms with van der Waals surface area (Å²) in [6.45, 7) is 0.873. The quantitative estimate of drug-likeness (QED) is 0.716. The van der Waals surface area contributed by atoms with Gasteiger partial charge in [0.15, 0.2) is 0 Å². The Morgan fingerprint density at radius 1 is 1.09 bits per heavy atom. The van der Waals surface area contributed by atoms with Crippen molar-refractivity contribution in [3.63, 3.8) is 0 Å². The molecule has 2 heterocycles.